The summed E-state index contributed by atoms with van der Waals surface area (Å²) in [6, 6.07) is 5.92. The van der Waals surface area contributed by atoms with E-state index in [-0.39, 0.29) is 21.3 Å². The van der Waals surface area contributed by atoms with Crippen molar-refractivity contribution in [3.63, 3.8) is 0 Å². The molecule has 1 unspecified atom stereocenters. The topological polar surface area (TPSA) is 9.23 Å². The van der Waals surface area contributed by atoms with E-state index in [9.17, 15) is 13.2 Å². The molecule has 2 aromatic carbocycles. The van der Waals surface area contributed by atoms with Gasteiger partial charge in [0.15, 0.2) is 0 Å². The molecule has 0 radical (unpaired) electrons. The van der Waals surface area contributed by atoms with Crippen molar-refractivity contribution in [2.45, 2.75) is 5.38 Å². The van der Waals surface area contributed by atoms with Gasteiger partial charge in [0.25, 0.3) is 0 Å². The van der Waals surface area contributed by atoms with E-state index in [2.05, 4.69) is 15.9 Å². The van der Waals surface area contributed by atoms with Gasteiger partial charge in [0.2, 0.25) is 0 Å². The Morgan fingerprint density at radius 3 is 2.25 bits per heavy atom. The van der Waals surface area contributed by atoms with Gasteiger partial charge in [-0.25, -0.2) is 13.2 Å². The quantitative estimate of drug-likeness (QED) is 0.679. The zero-order valence-corrected chi connectivity index (χ0v) is 12.6. The van der Waals surface area contributed by atoms with Crippen LogP contribution in [0, 0.1) is 17.5 Å². The SMILES string of the molecule is COc1cc(F)c(Br)cc1C(Cl)c1c(F)cccc1F. The van der Waals surface area contributed by atoms with Gasteiger partial charge in [-0.15, -0.1) is 11.6 Å². The molecule has 0 fully saturated rings. The average Bonchev–Trinajstić information content (AvgIpc) is 2.41. The van der Waals surface area contributed by atoms with Crippen LogP contribution >= 0.6 is 27.5 Å². The summed E-state index contributed by atoms with van der Waals surface area (Å²) in [5, 5.41) is -1.14. The van der Waals surface area contributed by atoms with Crippen LogP contribution in [0.1, 0.15) is 16.5 Å². The number of hydrogen-bond acceptors (Lipinski definition) is 1. The van der Waals surface area contributed by atoms with E-state index in [0.29, 0.717) is 0 Å². The summed E-state index contributed by atoms with van der Waals surface area (Å²) in [6.45, 7) is 0. The summed E-state index contributed by atoms with van der Waals surface area (Å²) in [6.07, 6.45) is 0. The lowest BCUT2D eigenvalue weighted by Crippen LogP contribution is -2.03. The molecule has 0 aromatic heterocycles. The molecule has 0 heterocycles. The molecule has 0 spiro atoms. The maximum atomic E-state index is 13.8. The third-order valence-corrected chi connectivity index (χ3v) is 3.86. The first-order valence-corrected chi connectivity index (χ1v) is 6.79. The van der Waals surface area contributed by atoms with E-state index < -0.39 is 22.8 Å². The standard InChI is InChI=1S/C14H9BrClF3O/c1-20-12-6-11(19)8(15)5-7(12)14(16)13-9(17)3-2-4-10(13)18/h2-6,14H,1H3. The van der Waals surface area contributed by atoms with E-state index in [0.717, 1.165) is 18.2 Å². The molecular formula is C14H9BrClF3O. The van der Waals surface area contributed by atoms with Crippen LogP contribution < -0.4 is 4.74 Å². The second-order valence-electron chi connectivity index (χ2n) is 4.01. The zero-order valence-electron chi connectivity index (χ0n) is 10.3. The Hall–Kier alpha value is -1.20. The lowest BCUT2D eigenvalue weighted by atomic mass is 10.0. The van der Waals surface area contributed by atoms with Gasteiger partial charge in [0, 0.05) is 17.2 Å². The Kier molecular flexibility index (Phi) is 4.60. The average molecular weight is 366 g/mol. The highest BCUT2D eigenvalue weighted by molar-refractivity contribution is 9.10. The molecule has 0 saturated carbocycles. The van der Waals surface area contributed by atoms with Gasteiger partial charge in [0.1, 0.15) is 23.2 Å². The summed E-state index contributed by atoms with van der Waals surface area (Å²) in [5.74, 6) is -1.98. The monoisotopic (exact) mass is 364 g/mol. The molecule has 0 aliphatic carbocycles. The maximum Gasteiger partial charge on any atom is 0.141 e. The van der Waals surface area contributed by atoms with Crippen LogP contribution in [0.5, 0.6) is 5.75 Å². The van der Waals surface area contributed by atoms with Gasteiger partial charge in [-0.1, -0.05) is 6.07 Å². The fourth-order valence-corrected chi connectivity index (χ4v) is 2.57. The highest BCUT2D eigenvalue weighted by Gasteiger charge is 2.24. The molecule has 1 nitrogen and oxygen atoms in total. The summed E-state index contributed by atoms with van der Waals surface area (Å²) >= 11 is 9.16. The van der Waals surface area contributed by atoms with E-state index in [1.165, 1.54) is 19.2 Å². The number of methoxy groups -OCH3 is 1. The predicted octanol–water partition coefficient (Wildman–Crippen LogP) is 5.20. The largest absolute Gasteiger partial charge is 0.496 e. The number of ether oxygens (including phenoxy) is 1. The fourth-order valence-electron chi connectivity index (χ4n) is 1.83. The van der Waals surface area contributed by atoms with E-state index in [4.69, 9.17) is 16.3 Å². The molecule has 2 rings (SSSR count). The number of hydrogen-bond donors (Lipinski definition) is 0. The molecule has 6 heteroatoms. The van der Waals surface area contributed by atoms with Crippen LogP contribution in [0.25, 0.3) is 0 Å². The Labute approximate surface area is 127 Å². The lowest BCUT2D eigenvalue weighted by Gasteiger charge is -2.16. The highest BCUT2D eigenvalue weighted by Crippen LogP contribution is 2.39. The van der Waals surface area contributed by atoms with Crippen molar-refractivity contribution in [2.24, 2.45) is 0 Å². The predicted molar refractivity (Wildman–Crippen MR) is 74.7 cm³/mol. The number of alkyl halides is 1. The Morgan fingerprint density at radius 2 is 1.70 bits per heavy atom. The van der Waals surface area contributed by atoms with Gasteiger partial charge >= 0.3 is 0 Å². The van der Waals surface area contributed by atoms with Crippen molar-refractivity contribution in [1.82, 2.24) is 0 Å². The molecule has 0 aliphatic rings. The molecule has 0 N–H and O–H groups in total. The van der Waals surface area contributed by atoms with Gasteiger partial charge < -0.3 is 4.74 Å². The second kappa shape index (κ2) is 6.06. The molecule has 2 aromatic rings. The third-order valence-electron chi connectivity index (χ3n) is 2.80. The lowest BCUT2D eigenvalue weighted by molar-refractivity contribution is 0.405. The summed E-state index contributed by atoms with van der Waals surface area (Å²) in [7, 11) is 1.33. The van der Waals surface area contributed by atoms with Crippen LogP contribution in [0.2, 0.25) is 0 Å². The minimum Gasteiger partial charge on any atom is -0.496 e. The first kappa shape index (κ1) is 15.2. The van der Waals surface area contributed by atoms with Gasteiger partial charge in [0.05, 0.1) is 17.0 Å². The normalized spacial score (nSPS) is 12.3. The van der Waals surface area contributed by atoms with Gasteiger partial charge in [-0.3, -0.25) is 0 Å². The van der Waals surface area contributed by atoms with Crippen molar-refractivity contribution in [3.05, 3.63) is 63.4 Å². The van der Waals surface area contributed by atoms with Gasteiger partial charge in [-0.05, 0) is 34.1 Å². The third kappa shape index (κ3) is 2.79. The molecule has 0 amide bonds. The van der Waals surface area contributed by atoms with E-state index in [1.807, 2.05) is 0 Å². The maximum absolute atomic E-state index is 13.8. The van der Waals surface area contributed by atoms with Crippen molar-refractivity contribution in [3.8, 4) is 5.75 Å². The number of halogens is 5. The Bertz CT molecular complexity index is 628. The Morgan fingerprint density at radius 1 is 1.10 bits per heavy atom. The van der Waals surface area contributed by atoms with E-state index >= 15 is 0 Å². The molecule has 1 atom stereocenters. The van der Waals surface area contributed by atoms with Crippen molar-refractivity contribution in [1.29, 1.82) is 0 Å². The fraction of sp³-hybridized carbons (Fsp3) is 0.143. The van der Waals surface area contributed by atoms with Gasteiger partial charge in [-0.2, -0.15) is 0 Å². The first-order valence-electron chi connectivity index (χ1n) is 5.56. The smallest absolute Gasteiger partial charge is 0.141 e. The van der Waals surface area contributed by atoms with Crippen LogP contribution in [0.4, 0.5) is 13.2 Å². The summed E-state index contributed by atoms with van der Waals surface area (Å²) in [5.41, 5.74) is -0.0302. The first-order chi connectivity index (χ1) is 9.45. The highest BCUT2D eigenvalue weighted by atomic mass is 79.9. The molecule has 106 valence electrons. The van der Waals surface area contributed by atoms with Crippen LogP contribution in [0.3, 0.4) is 0 Å². The second-order valence-corrected chi connectivity index (χ2v) is 5.30. The van der Waals surface area contributed by atoms with Crippen molar-refractivity contribution >= 4 is 27.5 Å². The molecular weight excluding hydrogens is 357 g/mol. The minimum atomic E-state index is -1.14. The Balaban J connectivity index is 2.59. The summed E-state index contributed by atoms with van der Waals surface area (Å²) < 4.78 is 46.1. The molecule has 0 saturated heterocycles. The molecule has 0 bridgehead atoms. The van der Waals surface area contributed by atoms with Crippen molar-refractivity contribution < 1.29 is 17.9 Å². The minimum absolute atomic E-state index is 0.119. The zero-order chi connectivity index (χ0) is 14.9. The van der Waals surface area contributed by atoms with Crippen LogP contribution in [-0.4, -0.2) is 7.11 Å². The van der Waals surface area contributed by atoms with E-state index in [1.54, 1.807) is 0 Å². The molecule has 0 aliphatic heterocycles. The number of rotatable bonds is 3. The van der Waals surface area contributed by atoms with Crippen molar-refractivity contribution in [2.75, 3.05) is 7.11 Å². The molecule has 20 heavy (non-hydrogen) atoms. The number of benzene rings is 2. The van der Waals surface area contributed by atoms with Crippen LogP contribution in [-0.2, 0) is 0 Å². The summed E-state index contributed by atoms with van der Waals surface area (Å²) in [4.78, 5) is 0. The van der Waals surface area contributed by atoms with Crippen LogP contribution in [0.15, 0.2) is 34.8 Å².